The second kappa shape index (κ2) is 9.87. The number of amides is 1. The van der Waals surface area contributed by atoms with Gasteiger partial charge in [-0.1, -0.05) is 30.0 Å². The summed E-state index contributed by atoms with van der Waals surface area (Å²) in [5, 5.41) is 20.5. The Morgan fingerprint density at radius 1 is 1.15 bits per heavy atom. The zero-order valence-corrected chi connectivity index (χ0v) is 18.8. The molecule has 1 amide bonds. The highest BCUT2D eigenvalue weighted by Crippen LogP contribution is 2.24. The minimum absolute atomic E-state index is 0.0161. The smallest absolute Gasteiger partial charge is 0.311 e. The van der Waals surface area contributed by atoms with E-state index in [2.05, 4.69) is 35.7 Å². The number of aromatic amines is 2. The second-order valence-corrected chi connectivity index (χ2v) is 8.70. The molecule has 0 atom stereocenters. The van der Waals surface area contributed by atoms with E-state index >= 15 is 0 Å². The molecule has 1 aromatic carbocycles. The number of hydrogen-bond donors (Lipinski definition) is 3. The Kier molecular flexibility index (Phi) is 6.74. The Labute approximate surface area is 193 Å². The third-order valence-electron chi connectivity index (χ3n) is 4.30. The summed E-state index contributed by atoms with van der Waals surface area (Å²) < 4.78 is 15.1. The van der Waals surface area contributed by atoms with Crippen LogP contribution >= 0.6 is 23.1 Å². The van der Waals surface area contributed by atoms with Crippen molar-refractivity contribution in [3.63, 3.8) is 0 Å². The standard InChI is InChI=1S/C19H17FN8O3S2/c1-2-16-25-26-18(33-16)23-15(30)9-32-19-27-24-13(7-11-8-14(29)22-17(31)21-11)28(19)12-5-3-10(20)4-6-12/h3-6,8H,2,7,9H2,1H3,(H,23,26,30)(H2,21,22,29,31). The molecule has 3 aromatic heterocycles. The molecule has 4 rings (SSSR count). The van der Waals surface area contributed by atoms with Crippen LogP contribution in [0.3, 0.4) is 0 Å². The fourth-order valence-corrected chi connectivity index (χ4v) is 4.34. The number of hydrogen-bond acceptors (Lipinski definition) is 9. The lowest BCUT2D eigenvalue weighted by atomic mass is 10.2. The molecule has 11 nitrogen and oxygen atoms in total. The molecule has 0 saturated heterocycles. The SMILES string of the molecule is CCc1nnc(NC(=O)CSc2nnc(Cc3cc(=O)[nH]c(=O)[nH]3)n2-c2ccc(F)cc2)s1. The van der Waals surface area contributed by atoms with E-state index in [9.17, 15) is 18.8 Å². The van der Waals surface area contributed by atoms with Gasteiger partial charge in [-0.25, -0.2) is 9.18 Å². The summed E-state index contributed by atoms with van der Waals surface area (Å²) in [6.45, 7) is 1.95. The van der Waals surface area contributed by atoms with Gasteiger partial charge in [0.1, 0.15) is 16.6 Å². The topological polar surface area (TPSA) is 151 Å². The summed E-state index contributed by atoms with van der Waals surface area (Å²) in [5.74, 6) is -0.304. The molecule has 0 saturated carbocycles. The lowest BCUT2D eigenvalue weighted by molar-refractivity contribution is -0.113. The highest BCUT2D eigenvalue weighted by Gasteiger charge is 2.18. The van der Waals surface area contributed by atoms with Crippen LogP contribution in [0.25, 0.3) is 5.69 Å². The van der Waals surface area contributed by atoms with Crippen molar-refractivity contribution in [3.05, 3.63) is 73.5 Å². The number of aromatic nitrogens is 7. The zero-order chi connectivity index (χ0) is 23.4. The number of rotatable bonds is 8. The zero-order valence-electron chi connectivity index (χ0n) is 17.2. The Bertz CT molecular complexity index is 1360. The number of nitrogens with zero attached hydrogens (tertiary/aromatic N) is 5. The van der Waals surface area contributed by atoms with Crippen LogP contribution in [0.15, 0.2) is 45.1 Å². The quantitative estimate of drug-likeness (QED) is 0.316. The second-order valence-electron chi connectivity index (χ2n) is 6.69. The van der Waals surface area contributed by atoms with Crippen LogP contribution in [0.2, 0.25) is 0 Å². The molecule has 170 valence electrons. The van der Waals surface area contributed by atoms with Gasteiger partial charge >= 0.3 is 5.69 Å². The molecule has 33 heavy (non-hydrogen) atoms. The fourth-order valence-electron chi connectivity index (χ4n) is 2.88. The van der Waals surface area contributed by atoms with Crippen molar-refractivity contribution in [2.75, 3.05) is 11.1 Å². The van der Waals surface area contributed by atoms with Gasteiger partial charge in [0.15, 0.2) is 5.16 Å². The Morgan fingerprint density at radius 3 is 2.64 bits per heavy atom. The molecule has 0 fully saturated rings. The monoisotopic (exact) mass is 488 g/mol. The van der Waals surface area contributed by atoms with Gasteiger partial charge in [0.25, 0.3) is 5.56 Å². The normalized spacial score (nSPS) is 11.0. The van der Waals surface area contributed by atoms with Gasteiger partial charge in [0.05, 0.1) is 5.75 Å². The van der Waals surface area contributed by atoms with Crippen LogP contribution in [0.5, 0.6) is 0 Å². The van der Waals surface area contributed by atoms with E-state index in [1.54, 1.807) is 16.7 Å². The number of halogens is 1. The molecule has 0 aliphatic carbocycles. The van der Waals surface area contributed by atoms with Crippen molar-refractivity contribution in [2.45, 2.75) is 24.9 Å². The number of carbonyl (C=O) groups is 1. The van der Waals surface area contributed by atoms with E-state index in [-0.39, 0.29) is 18.1 Å². The molecule has 0 aliphatic heterocycles. The average molecular weight is 489 g/mol. The number of aryl methyl sites for hydroxylation is 1. The number of anilines is 1. The van der Waals surface area contributed by atoms with E-state index in [4.69, 9.17) is 0 Å². The summed E-state index contributed by atoms with van der Waals surface area (Å²) >= 11 is 2.43. The van der Waals surface area contributed by atoms with Crippen molar-refractivity contribution in [1.82, 2.24) is 34.9 Å². The van der Waals surface area contributed by atoms with E-state index < -0.39 is 17.1 Å². The predicted molar refractivity (Wildman–Crippen MR) is 120 cm³/mol. The first-order valence-corrected chi connectivity index (χ1v) is 11.5. The summed E-state index contributed by atoms with van der Waals surface area (Å²) in [7, 11) is 0. The van der Waals surface area contributed by atoms with Crippen LogP contribution in [0, 0.1) is 5.82 Å². The number of thioether (sulfide) groups is 1. The lowest BCUT2D eigenvalue weighted by Crippen LogP contribution is -2.23. The molecular formula is C19H17FN8O3S2. The number of benzene rings is 1. The van der Waals surface area contributed by atoms with Gasteiger partial charge in [-0.2, -0.15) is 0 Å². The van der Waals surface area contributed by atoms with Crippen molar-refractivity contribution >= 4 is 34.1 Å². The Hall–Kier alpha value is -3.65. The average Bonchev–Trinajstić information content (AvgIpc) is 3.39. The van der Waals surface area contributed by atoms with E-state index in [1.807, 2.05) is 6.92 Å². The van der Waals surface area contributed by atoms with E-state index in [1.165, 1.54) is 29.5 Å². The number of carbonyl (C=O) groups excluding carboxylic acids is 1. The summed E-state index contributed by atoms with van der Waals surface area (Å²) in [6.07, 6.45) is 0.811. The highest BCUT2D eigenvalue weighted by molar-refractivity contribution is 7.99. The van der Waals surface area contributed by atoms with Crippen LogP contribution < -0.4 is 16.6 Å². The molecule has 0 radical (unpaired) electrons. The van der Waals surface area contributed by atoms with Crippen molar-refractivity contribution in [3.8, 4) is 5.69 Å². The van der Waals surface area contributed by atoms with Gasteiger partial charge in [-0.3, -0.25) is 24.5 Å². The van der Waals surface area contributed by atoms with Crippen LogP contribution in [-0.4, -0.2) is 46.6 Å². The van der Waals surface area contributed by atoms with Crippen molar-refractivity contribution in [2.24, 2.45) is 0 Å². The molecule has 0 unspecified atom stereocenters. The molecule has 14 heteroatoms. The van der Waals surface area contributed by atoms with Gasteiger partial charge in [0, 0.05) is 23.9 Å². The molecule has 3 heterocycles. The van der Waals surface area contributed by atoms with Gasteiger partial charge < -0.3 is 4.98 Å². The Morgan fingerprint density at radius 2 is 1.94 bits per heavy atom. The molecule has 3 N–H and O–H groups in total. The summed E-state index contributed by atoms with van der Waals surface area (Å²) in [6, 6.07) is 6.91. The molecule has 0 bridgehead atoms. The Balaban J connectivity index is 1.57. The predicted octanol–water partition coefficient (Wildman–Crippen LogP) is 1.52. The van der Waals surface area contributed by atoms with Crippen LogP contribution in [0.4, 0.5) is 9.52 Å². The lowest BCUT2D eigenvalue weighted by Gasteiger charge is -2.10. The third kappa shape index (κ3) is 5.59. The van der Waals surface area contributed by atoms with Gasteiger partial charge in [-0.05, 0) is 30.7 Å². The number of nitrogens with one attached hydrogen (secondary N) is 3. The molecule has 0 spiro atoms. The van der Waals surface area contributed by atoms with Gasteiger partial charge in [-0.15, -0.1) is 20.4 Å². The highest BCUT2D eigenvalue weighted by atomic mass is 32.2. The molecule has 4 aromatic rings. The first-order chi connectivity index (χ1) is 15.9. The minimum Gasteiger partial charge on any atom is -0.311 e. The third-order valence-corrected chi connectivity index (χ3v) is 6.21. The first kappa shape index (κ1) is 22.5. The molecular weight excluding hydrogens is 471 g/mol. The fraction of sp³-hybridized carbons (Fsp3) is 0.211. The maximum Gasteiger partial charge on any atom is 0.325 e. The number of H-pyrrole nitrogens is 2. The van der Waals surface area contributed by atoms with Gasteiger partial charge in [0.2, 0.25) is 11.0 Å². The van der Waals surface area contributed by atoms with E-state index in [0.29, 0.717) is 27.5 Å². The van der Waals surface area contributed by atoms with Crippen LogP contribution in [-0.2, 0) is 17.6 Å². The minimum atomic E-state index is -0.639. The van der Waals surface area contributed by atoms with Crippen molar-refractivity contribution in [1.29, 1.82) is 0 Å². The maximum atomic E-state index is 13.5. The summed E-state index contributed by atoms with van der Waals surface area (Å²) in [4.78, 5) is 40.2. The van der Waals surface area contributed by atoms with Crippen molar-refractivity contribution < 1.29 is 9.18 Å². The van der Waals surface area contributed by atoms with Crippen LogP contribution in [0.1, 0.15) is 23.4 Å². The molecule has 0 aliphatic rings. The maximum absolute atomic E-state index is 13.5. The van der Waals surface area contributed by atoms with E-state index in [0.717, 1.165) is 23.2 Å². The summed E-state index contributed by atoms with van der Waals surface area (Å²) in [5.41, 5.74) is -0.296. The largest absolute Gasteiger partial charge is 0.325 e. The first-order valence-electron chi connectivity index (χ1n) is 9.69.